The van der Waals surface area contributed by atoms with Crippen molar-refractivity contribution in [3.63, 3.8) is 0 Å². The second-order valence-corrected chi connectivity index (χ2v) is 7.88. The first-order valence-electron chi connectivity index (χ1n) is 9.20. The second-order valence-electron chi connectivity index (χ2n) is 7.88. The standard InChI is InChI=1S/C20H30N4O/c1-20(21)10-5-4-6-17(20)19(25)22-16-8-7-15-9-11-24(18(15)14-16)13-12-23(2)3/h7-9,11,14,17H,4-6,10,12-13,21H2,1-3H3,(H,22,25). The van der Waals surface area contributed by atoms with Gasteiger partial charge in [-0.3, -0.25) is 4.79 Å². The largest absolute Gasteiger partial charge is 0.346 e. The molecule has 2 aromatic rings. The Morgan fingerprint density at radius 3 is 2.88 bits per heavy atom. The van der Waals surface area contributed by atoms with Crippen LogP contribution in [-0.4, -0.2) is 41.6 Å². The predicted molar refractivity (Wildman–Crippen MR) is 104 cm³/mol. The van der Waals surface area contributed by atoms with Crippen LogP contribution >= 0.6 is 0 Å². The Morgan fingerprint density at radius 2 is 2.16 bits per heavy atom. The number of hydrogen-bond donors (Lipinski definition) is 2. The van der Waals surface area contributed by atoms with Crippen molar-refractivity contribution in [2.75, 3.05) is 26.0 Å². The summed E-state index contributed by atoms with van der Waals surface area (Å²) in [5.74, 6) is -0.0621. The molecule has 1 aromatic heterocycles. The third-order valence-electron chi connectivity index (χ3n) is 5.40. The molecule has 1 aromatic carbocycles. The third-order valence-corrected chi connectivity index (χ3v) is 5.40. The highest BCUT2D eigenvalue weighted by Gasteiger charge is 2.37. The average Bonchev–Trinajstić information content (AvgIpc) is 2.94. The van der Waals surface area contributed by atoms with Crippen LogP contribution in [0, 0.1) is 5.92 Å². The van der Waals surface area contributed by atoms with E-state index >= 15 is 0 Å². The topological polar surface area (TPSA) is 63.3 Å². The summed E-state index contributed by atoms with van der Waals surface area (Å²) in [4.78, 5) is 14.9. The molecule has 5 heteroatoms. The van der Waals surface area contributed by atoms with Gasteiger partial charge in [0.15, 0.2) is 0 Å². The fourth-order valence-electron chi connectivity index (χ4n) is 3.78. The Kier molecular flexibility index (Phi) is 5.16. The van der Waals surface area contributed by atoms with Crippen LogP contribution in [0.25, 0.3) is 10.9 Å². The Morgan fingerprint density at radius 1 is 1.36 bits per heavy atom. The highest BCUT2D eigenvalue weighted by molar-refractivity contribution is 5.95. The van der Waals surface area contributed by atoms with Gasteiger partial charge in [0.05, 0.1) is 11.4 Å². The molecule has 1 heterocycles. The number of carbonyl (C=O) groups is 1. The van der Waals surface area contributed by atoms with Gasteiger partial charge in [-0.25, -0.2) is 0 Å². The molecule has 0 saturated heterocycles. The van der Waals surface area contributed by atoms with Crippen molar-refractivity contribution in [3.8, 4) is 0 Å². The van der Waals surface area contributed by atoms with Crippen LogP contribution in [0.3, 0.4) is 0 Å². The lowest BCUT2D eigenvalue weighted by Gasteiger charge is -2.37. The SMILES string of the molecule is CN(C)CCn1ccc2ccc(NC(=O)C3CCCCC3(C)N)cc21. The molecule has 0 bridgehead atoms. The molecule has 2 atom stereocenters. The van der Waals surface area contributed by atoms with Gasteiger partial charge in [0.2, 0.25) is 5.91 Å². The number of nitrogens with zero attached hydrogens (tertiary/aromatic N) is 2. The smallest absolute Gasteiger partial charge is 0.229 e. The molecule has 1 amide bonds. The zero-order valence-corrected chi connectivity index (χ0v) is 15.6. The number of amides is 1. The maximum absolute atomic E-state index is 12.8. The summed E-state index contributed by atoms with van der Waals surface area (Å²) in [5, 5.41) is 4.29. The highest BCUT2D eigenvalue weighted by atomic mass is 16.1. The second kappa shape index (κ2) is 7.18. The zero-order valence-electron chi connectivity index (χ0n) is 15.6. The van der Waals surface area contributed by atoms with E-state index in [9.17, 15) is 4.79 Å². The molecule has 25 heavy (non-hydrogen) atoms. The van der Waals surface area contributed by atoms with E-state index in [0.717, 1.165) is 50.0 Å². The van der Waals surface area contributed by atoms with Crippen LogP contribution in [-0.2, 0) is 11.3 Å². The maximum Gasteiger partial charge on any atom is 0.229 e. The van der Waals surface area contributed by atoms with E-state index in [4.69, 9.17) is 5.73 Å². The van der Waals surface area contributed by atoms with Crippen LogP contribution in [0.2, 0.25) is 0 Å². The van der Waals surface area contributed by atoms with Gasteiger partial charge >= 0.3 is 0 Å². The molecule has 0 spiro atoms. The molecule has 5 nitrogen and oxygen atoms in total. The molecule has 1 aliphatic carbocycles. The van der Waals surface area contributed by atoms with Crippen LogP contribution in [0.15, 0.2) is 30.5 Å². The van der Waals surface area contributed by atoms with Crippen molar-refractivity contribution in [2.45, 2.75) is 44.7 Å². The highest BCUT2D eigenvalue weighted by Crippen LogP contribution is 2.32. The summed E-state index contributed by atoms with van der Waals surface area (Å²) in [7, 11) is 4.15. The molecule has 1 aliphatic rings. The van der Waals surface area contributed by atoms with Crippen molar-refractivity contribution in [1.82, 2.24) is 9.47 Å². The Balaban J connectivity index is 1.77. The first kappa shape index (κ1) is 18.0. The van der Waals surface area contributed by atoms with Gasteiger partial charge in [-0.1, -0.05) is 18.9 Å². The number of rotatable bonds is 5. The number of aromatic nitrogens is 1. The van der Waals surface area contributed by atoms with E-state index in [1.54, 1.807) is 0 Å². The van der Waals surface area contributed by atoms with Gasteiger partial charge in [-0.2, -0.15) is 0 Å². The number of nitrogens with two attached hydrogens (primary N) is 1. The van der Waals surface area contributed by atoms with Crippen LogP contribution in [0.1, 0.15) is 32.6 Å². The normalized spacial score (nSPS) is 24.0. The van der Waals surface area contributed by atoms with E-state index in [2.05, 4.69) is 53.3 Å². The van der Waals surface area contributed by atoms with E-state index in [0.29, 0.717) is 0 Å². The number of benzene rings is 1. The molecule has 2 unspecified atom stereocenters. The van der Waals surface area contributed by atoms with Crippen molar-refractivity contribution in [3.05, 3.63) is 30.5 Å². The van der Waals surface area contributed by atoms with E-state index in [-0.39, 0.29) is 11.8 Å². The summed E-state index contributed by atoms with van der Waals surface area (Å²) in [6.45, 7) is 3.91. The minimum absolute atomic E-state index is 0.0513. The van der Waals surface area contributed by atoms with Crippen molar-refractivity contribution in [1.29, 1.82) is 0 Å². The lowest BCUT2D eigenvalue weighted by molar-refractivity contribution is -0.122. The van der Waals surface area contributed by atoms with E-state index < -0.39 is 5.54 Å². The quantitative estimate of drug-likeness (QED) is 0.878. The molecule has 3 N–H and O–H groups in total. The lowest BCUT2D eigenvalue weighted by Crippen LogP contribution is -2.51. The summed E-state index contributed by atoms with van der Waals surface area (Å²) >= 11 is 0. The van der Waals surface area contributed by atoms with Gasteiger partial charge in [0.25, 0.3) is 0 Å². The number of likely N-dealkylation sites (N-methyl/N-ethyl adjacent to an activating group) is 1. The number of carbonyl (C=O) groups excluding carboxylic acids is 1. The molecule has 0 aliphatic heterocycles. The number of anilines is 1. The first-order chi connectivity index (χ1) is 11.9. The minimum atomic E-state index is -0.404. The van der Waals surface area contributed by atoms with Gasteiger partial charge in [0, 0.05) is 30.5 Å². The number of nitrogens with one attached hydrogen (secondary N) is 1. The van der Waals surface area contributed by atoms with Gasteiger partial charge in [0.1, 0.15) is 0 Å². The summed E-state index contributed by atoms with van der Waals surface area (Å²) in [6.07, 6.45) is 6.09. The molecule has 136 valence electrons. The number of hydrogen-bond acceptors (Lipinski definition) is 3. The molecule has 0 radical (unpaired) electrons. The Labute approximate surface area is 150 Å². The Hall–Kier alpha value is -1.85. The summed E-state index contributed by atoms with van der Waals surface area (Å²) < 4.78 is 2.23. The average molecular weight is 342 g/mol. The molecular weight excluding hydrogens is 312 g/mol. The van der Waals surface area contributed by atoms with Gasteiger partial charge in [-0.15, -0.1) is 0 Å². The molecule has 1 fully saturated rings. The van der Waals surface area contributed by atoms with Crippen molar-refractivity contribution < 1.29 is 4.79 Å². The van der Waals surface area contributed by atoms with Gasteiger partial charge in [-0.05, 0) is 57.4 Å². The van der Waals surface area contributed by atoms with Gasteiger partial charge < -0.3 is 20.5 Å². The summed E-state index contributed by atoms with van der Waals surface area (Å²) in [5.41, 5.74) is 7.97. The monoisotopic (exact) mass is 342 g/mol. The lowest BCUT2D eigenvalue weighted by atomic mass is 9.74. The van der Waals surface area contributed by atoms with E-state index in [1.807, 2.05) is 13.0 Å². The molecule has 1 saturated carbocycles. The fourth-order valence-corrected chi connectivity index (χ4v) is 3.78. The van der Waals surface area contributed by atoms with Crippen LogP contribution in [0.5, 0.6) is 0 Å². The van der Waals surface area contributed by atoms with Crippen molar-refractivity contribution >= 4 is 22.5 Å². The number of fused-ring (bicyclic) bond motifs is 1. The first-order valence-corrected chi connectivity index (χ1v) is 9.20. The summed E-state index contributed by atoms with van der Waals surface area (Å²) in [6, 6.07) is 8.24. The minimum Gasteiger partial charge on any atom is -0.346 e. The van der Waals surface area contributed by atoms with Crippen molar-refractivity contribution in [2.24, 2.45) is 11.7 Å². The van der Waals surface area contributed by atoms with Crippen LogP contribution < -0.4 is 11.1 Å². The molecule has 3 rings (SSSR count). The predicted octanol–water partition coefficient (Wildman–Crippen LogP) is 3.05. The van der Waals surface area contributed by atoms with Crippen LogP contribution in [0.4, 0.5) is 5.69 Å². The zero-order chi connectivity index (χ0) is 18.0. The third kappa shape index (κ3) is 4.05. The fraction of sp³-hybridized carbons (Fsp3) is 0.550. The van der Waals surface area contributed by atoms with E-state index in [1.165, 1.54) is 5.39 Å². The Bertz CT molecular complexity index is 747. The molecular formula is C20H30N4O. The maximum atomic E-state index is 12.8.